The fourth-order valence-electron chi connectivity index (χ4n) is 4.58. The maximum atomic E-state index is 13.4. The predicted octanol–water partition coefficient (Wildman–Crippen LogP) is 4.25. The highest BCUT2D eigenvalue weighted by Crippen LogP contribution is 2.37. The van der Waals surface area contributed by atoms with Crippen LogP contribution in [-0.2, 0) is 11.3 Å². The van der Waals surface area contributed by atoms with E-state index in [1.807, 2.05) is 36.5 Å². The molecule has 1 fully saturated rings. The van der Waals surface area contributed by atoms with Gasteiger partial charge in [-0.05, 0) is 41.8 Å². The number of H-pyrrole nitrogens is 1. The summed E-state index contributed by atoms with van der Waals surface area (Å²) >= 11 is 0. The summed E-state index contributed by atoms with van der Waals surface area (Å²) < 4.78 is 25.1. The topological polar surface area (TPSA) is 127 Å². The average Bonchev–Trinajstić information content (AvgIpc) is 3.51. The zero-order valence-electron chi connectivity index (χ0n) is 20.1. The maximum absolute atomic E-state index is 13.4. The minimum Gasteiger partial charge on any atom is -0.488 e. The highest BCUT2D eigenvalue weighted by molar-refractivity contribution is 6.03. The summed E-state index contributed by atoms with van der Waals surface area (Å²) in [5, 5.41) is 7.70. The highest BCUT2D eigenvalue weighted by Gasteiger charge is 2.44. The third-order valence-electron chi connectivity index (χ3n) is 6.63. The molecule has 1 aromatic carbocycles. The van der Waals surface area contributed by atoms with Crippen molar-refractivity contribution in [3.8, 4) is 22.6 Å². The number of fused-ring (bicyclic) bond motifs is 5. The molecule has 2 unspecified atom stereocenters. The second-order valence-corrected chi connectivity index (χ2v) is 9.33. The van der Waals surface area contributed by atoms with E-state index in [0.717, 1.165) is 33.0 Å². The zero-order chi connectivity index (χ0) is 25.6. The number of rotatable bonds is 2. The Labute approximate surface area is 215 Å². The van der Waals surface area contributed by atoms with E-state index < -0.39 is 18.0 Å². The molecule has 1 aliphatic carbocycles. The van der Waals surface area contributed by atoms with E-state index >= 15 is 0 Å². The Bertz CT molecular complexity index is 1710. The third kappa shape index (κ3) is 4.21. The number of carbonyl (C=O) groups is 1. The Balaban J connectivity index is 1.35. The van der Waals surface area contributed by atoms with Crippen LogP contribution in [0.4, 0.5) is 16.2 Å². The van der Waals surface area contributed by atoms with Crippen LogP contribution in [0.25, 0.3) is 33.1 Å². The molecule has 2 aliphatic rings. The maximum Gasteiger partial charge on any atom is 0.233 e. The number of alkyl halides is 1. The Morgan fingerprint density at radius 3 is 2.74 bits per heavy atom. The van der Waals surface area contributed by atoms with Crippen LogP contribution in [0, 0.1) is 5.92 Å². The standard InChI is InChI=1S/C27H22FN7O3/c28-21-8-19(21)26(36)35-27-33-24-23-20(13-32-25(23)34-27)15-1-2-22-16(6-15)7-18(12-30-22)38-4-3-37-17-5-14(10-31-24)9-29-11-17/h1-2,5-7,9,11-13,19,21H,3-4,8,10H2,(H3,31,32,33,34,35,36). The number of anilines is 2. The van der Waals surface area contributed by atoms with E-state index in [1.54, 1.807) is 18.6 Å². The molecule has 2 atom stereocenters. The van der Waals surface area contributed by atoms with Crippen molar-refractivity contribution < 1.29 is 18.7 Å². The van der Waals surface area contributed by atoms with E-state index in [0.29, 0.717) is 42.7 Å². The summed E-state index contributed by atoms with van der Waals surface area (Å²) in [6.45, 7) is 1.09. The van der Waals surface area contributed by atoms with Crippen LogP contribution in [0.2, 0.25) is 0 Å². The number of nitrogens with one attached hydrogen (secondary N) is 3. The van der Waals surface area contributed by atoms with Gasteiger partial charge in [-0.1, -0.05) is 6.07 Å². The van der Waals surface area contributed by atoms with Gasteiger partial charge in [0.2, 0.25) is 11.9 Å². The van der Waals surface area contributed by atoms with Crippen LogP contribution in [0.5, 0.6) is 11.5 Å². The van der Waals surface area contributed by atoms with E-state index in [-0.39, 0.29) is 12.4 Å². The minimum atomic E-state index is -1.11. The van der Waals surface area contributed by atoms with Gasteiger partial charge >= 0.3 is 0 Å². The summed E-state index contributed by atoms with van der Waals surface area (Å²) in [5.41, 5.74) is 4.05. The van der Waals surface area contributed by atoms with Gasteiger partial charge in [-0.25, -0.2) is 4.39 Å². The second-order valence-electron chi connectivity index (χ2n) is 9.33. The number of nitrogens with zero attached hydrogens (tertiary/aromatic N) is 4. The second kappa shape index (κ2) is 8.94. The molecule has 3 N–H and O–H groups in total. The first-order chi connectivity index (χ1) is 18.6. The number of aromatic amines is 1. The lowest BCUT2D eigenvalue weighted by atomic mass is 10.0. The van der Waals surface area contributed by atoms with Crippen LogP contribution < -0.4 is 20.1 Å². The van der Waals surface area contributed by atoms with Crippen LogP contribution in [0.15, 0.2) is 55.1 Å². The van der Waals surface area contributed by atoms with Gasteiger partial charge in [-0.3, -0.25) is 20.1 Å². The molecule has 1 aliphatic heterocycles. The Morgan fingerprint density at radius 2 is 1.89 bits per heavy atom. The Kier molecular flexibility index (Phi) is 5.27. The number of carbonyl (C=O) groups excluding carboxylic acids is 1. The molecule has 1 saturated carbocycles. The molecule has 10 nitrogen and oxygen atoms in total. The van der Waals surface area contributed by atoms with Gasteiger partial charge in [0.1, 0.15) is 42.3 Å². The van der Waals surface area contributed by atoms with Crippen molar-refractivity contribution in [2.24, 2.45) is 5.92 Å². The fourth-order valence-corrected chi connectivity index (χ4v) is 4.58. The van der Waals surface area contributed by atoms with E-state index in [9.17, 15) is 9.18 Å². The molecule has 5 bridgehead atoms. The molecule has 5 heterocycles. The number of ether oxygens (including phenoxy) is 2. The summed E-state index contributed by atoms with van der Waals surface area (Å²) in [7, 11) is 0. The molecule has 190 valence electrons. The molecule has 0 saturated heterocycles. The van der Waals surface area contributed by atoms with Crippen molar-refractivity contribution in [3.63, 3.8) is 0 Å². The molecule has 38 heavy (non-hydrogen) atoms. The van der Waals surface area contributed by atoms with Crippen LogP contribution in [-0.4, -0.2) is 50.2 Å². The monoisotopic (exact) mass is 511 g/mol. The van der Waals surface area contributed by atoms with Crippen molar-refractivity contribution in [2.45, 2.75) is 19.1 Å². The lowest BCUT2D eigenvalue weighted by Crippen LogP contribution is -2.17. The van der Waals surface area contributed by atoms with Crippen molar-refractivity contribution in [3.05, 3.63) is 60.7 Å². The highest BCUT2D eigenvalue weighted by atomic mass is 19.1. The Morgan fingerprint density at radius 1 is 1.05 bits per heavy atom. The number of hydrogen-bond acceptors (Lipinski definition) is 8. The zero-order valence-corrected chi connectivity index (χ0v) is 20.1. The SMILES string of the molecule is O=C(Nc1nc2c3c(c[nH]c3n1)-c1ccc3ncc(cc3c1)OCCOc1cncc(c1)CN2)C1CC1F. The number of pyridine rings is 2. The van der Waals surface area contributed by atoms with Gasteiger partial charge in [-0.2, -0.15) is 9.97 Å². The lowest BCUT2D eigenvalue weighted by Gasteiger charge is -2.12. The third-order valence-corrected chi connectivity index (χ3v) is 6.63. The fraction of sp³-hybridized carbons (Fsp3) is 0.222. The van der Waals surface area contributed by atoms with Gasteiger partial charge in [0.25, 0.3) is 0 Å². The Hall–Kier alpha value is -4.80. The van der Waals surface area contributed by atoms with Crippen molar-refractivity contribution in [1.82, 2.24) is 24.9 Å². The molecule has 11 heteroatoms. The molecular weight excluding hydrogens is 489 g/mol. The normalized spacial score (nSPS) is 18.4. The van der Waals surface area contributed by atoms with Crippen molar-refractivity contribution in [1.29, 1.82) is 0 Å². The first-order valence-corrected chi connectivity index (χ1v) is 12.3. The van der Waals surface area contributed by atoms with Crippen LogP contribution in [0.1, 0.15) is 12.0 Å². The summed E-state index contributed by atoms with van der Waals surface area (Å²) in [6.07, 6.45) is 6.05. The average molecular weight is 512 g/mol. The van der Waals surface area contributed by atoms with Gasteiger partial charge in [0.15, 0.2) is 0 Å². The van der Waals surface area contributed by atoms with E-state index in [4.69, 9.17) is 9.47 Å². The molecule has 7 rings (SSSR count). The van der Waals surface area contributed by atoms with E-state index in [1.165, 1.54) is 0 Å². The predicted molar refractivity (Wildman–Crippen MR) is 139 cm³/mol. The van der Waals surface area contributed by atoms with Gasteiger partial charge in [0, 0.05) is 29.9 Å². The van der Waals surface area contributed by atoms with E-state index in [2.05, 4.69) is 35.6 Å². The number of halogens is 1. The quantitative estimate of drug-likeness (QED) is 0.321. The number of aromatic nitrogens is 5. The summed E-state index contributed by atoms with van der Waals surface area (Å²) in [5.74, 6) is 0.801. The molecule has 1 amide bonds. The van der Waals surface area contributed by atoms with Crippen LogP contribution in [0.3, 0.4) is 0 Å². The minimum absolute atomic E-state index is 0.100. The van der Waals surface area contributed by atoms with Gasteiger partial charge in [-0.15, -0.1) is 0 Å². The van der Waals surface area contributed by atoms with Gasteiger partial charge < -0.3 is 19.8 Å². The molecule has 0 spiro atoms. The number of benzene rings is 1. The molecular formula is C27H22FN7O3. The number of amides is 1. The van der Waals surface area contributed by atoms with Crippen LogP contribution >= 0.6 is 0 Å². The summed E-state index contributed by atoms with van der Waals surface area (Å²) in [6, 6.07) is 9.81. The molecule has 4 aromatic heterocycles. The largest absolute Gasteiger partial charge is 0.488 e. The van der Waals surface area contributed by atoms with Gasteiger partial charge in [0.05, 0.1) is 29.2 Å². The molecule has 0 radical (unpaired) electrons. The van der Waals surface area contributed by atoms with Crippen molar-refractivity contribution >= 4 is 39.6 Å². The first-order valence-electron chi connectivity index (χ1n) is 12.3. The first kappa shape index (κ1) is 22.4. The smallest absolute Gasteiger partial charge is 0.233 e. The summed E-state index contributed by atoms with van der Waals surface area (Å²) in [4.78, 5) is 33.5. The molecule has 5 aromatic rings. The number of hydrogen-bond donors (Lipinski definition) is 3. The van der Waals surface area contributed by atoms with Crippen molar-refractivity contribution in [2.75, 3.05) is 23.8 Å². The lowest BCUT2D eigenvalue weighted by molar-refractivity contribution is -0.117.